The molecule has 1 fully saturated rings. The van der Waals surface area contributed by atoms with Crippen molar-refractivity contribution in [2.24, 2.45) is 0 Å². The van der Waals surface area contributed by atoms with Crippen LogP contribution in [0.3, 0.4) is 0 Å². The standard InChI is InChI=1S/C12H16F2N4O3/c1-8(19)17-4-5-21-9(7-17)6-15-11(20)10-2-3-18(16-10)12(13)14/h2-3,9,12H,4-7H2,1H3,(H,15,20)/t9-/m1/s1. The van der Waals surface area contributed by atoms with E-state index in [1.165, 1.54) is 13.0 Å². The summed E-state index contributed by atoms with van der Waals surface area (Å²) < 4.78 is 30.5. The zero-order chi connectivity index (χ0) is 15.4. The Morgan fingerprint density at radius 1 is 1.57 bits per heavy atom. The van der Waals surface area contributed by atoms with Gasteiger partial charge in [0.25, 0.3) is 5.91 Å². The van der Waals surface area contributed by atoms with E-state index in [1.54, 1.807) is 4.90 Å². The molecule has 1 aliphatic rings. The topological polar surface area (TPSA) is 76.5 Å². The number of rotatable bonds is 4. The first-order valence-corrected chi connectivity index (χ1v) is 6.46. The molecule has 0 unspecified atom stereocenters. The molecule has 116 valence electrons. The number of carbonyl (C=O) groups is 2. The third-order valence-corrected chi connectivity index (χ3v) is 3.12. The van der Waals surface area contributed by atoms with E-state index in [-0.39, 0.29) is 24.2 Å². The van der Waals surface area contributed by atoms with Crippen LogP contribution < -0.4 is 5.32 Å². The Morgan fingerprint density at radius 3 is 2.95 bits per heavy atom. The van der Waals surface area contributed by atoms with Crippen LogP contribution in [0.25, 0.3) is 0 Å². The Hall–Kier alpha value is -2.03. The number of nitrogens with zero attached hydrogens (tertiary/aromatic N) is 3. The van der Waals surface area contributed by atoms with Gasteiger partial charge in [-0.15, -0.1) is 0 Å². The summed E-state index contributed by atoms with van der Waals surface area (Å²) in [5.74, 6) is -0.608. The van der Waals surface area contributed by atoms with E-state index in [0.29, 0.717) is 24.4 Å². The van der Waals surface area contributed by atoms with Gasteiger partial charge in [0.15, 0.2) is 0 Å². The number of morpholine rings is 1. The summed E-state index contributed by atoms with van der Waals surface area (Å²) in [6.45, 7) is 0.194. The van der Waals surface area contributed by atoms with Gasteiger partial charge in [0.1, 0.15) is 5.69 Å². The first-order valence-electron chi connectivity index (χ1n) is 6.46. The quantitative estimate of drug-likeness (QED) is 0.865. The summed E-state index contributed by atoms with van der Waals surface area (Å²) >= 11 is 0. The maximum absolute atomic E-state index is 12.4. The molecule has 1 N–H and O–H groups in total. The van der Waals surface area contributed by atoms with Crippen LogP contribution in [0.2, 0.25) is 0 Å². The Bertz CT molecular complexity index is 520. The first-order chi connectivity index (χ1) is 9.97. The predicted molar refractivity (Wildman–Crippen MR) is 67.8 cm³/mol. The number of nitrogens with one attached hydrogen (secondary N) is 1. The highest BCUT2D eigenvalue weighted by molar-refractivity contribution is 5.92. The monoisotopic (exact) mass is 302 g/mol. The molecule has 0 bridgehead atoms. The fourth-order valence-electron chi connectivity index (χ4n) is 1.99. The highest BCUT2D eigenvalue weighted by atomic mass is 19.3. The Balaban J connectivity index is 1.84. The van der Waals surface area contributed by atoms with Gasteiger partial charge in [-0.25, -0.2) is 4.68 Å². The lowest BCUT2D eigenvalue weighted by Gasteiger charge is -2.32. The van der Waals surface area contributed by atoms with Crippen molar-refractivity contribution in [2.75, 3.05) is 26.2 Å². The number of aromatic nitrogens is 2. The molecule has 1 aliphatic heterocycles. The molecule has 1 atom stereocenters. The third-order valence-electron chi connectivity index (χ3n) is 3.12. The van der Waals surface area contributed by atoms with E-state index >= 15 is 0 Å². The van der Waals surface area contributed by atoms with Crippen LogP contribution in [-0.4, -0.2) is 58.8 Å². The van der Waals surface area contributed by atoms with Gasteiger partial charge in [-0.05, 0) is 6.07 Å². The Morgan fingerprint density at radius 2 is 2.33 bits per heavy atom. The molecule has 2 rings (SSSR count). The number of hydrogen-bond acceptors (Lipinski definition) is 4. The molecule has 0 radical (unpaired) electrons. The minimum Gasteiger partial charge on any atom is -0.373 e. The summed E-state index contributed by atoms with van der Waals surface area (Å²) in [6.07, 6.45) is 0.720. The molecule has 1 aromatic rings. The average molecular weight is 302 g/mol. The maximum Gasteiger partial charge on any atom is 0.333 e. The van der Waals surface area contributed by atoms with Crippen LogP contribution in [0.1, 0.15) is 24.0 Å². The van der Waals surface area contributed by atoms with Crippen LogP contribution >= 0.6 is 0 Å². The zero-order valence-corrected chi connectivity index (χ0v) is 11.5. The summed E-state index contributed by atoms with van der Waals surface area (Å²) in [5, 5.41) is 6.02. The Kier molecular flexibility index (Phi) is 4.84. The smallest absolute Gasteiger partial charge is 0.333 e. The molecule has 0 aliphatic carbocycles. The summed E-state index contributed by atoms with van der Waals surface area (Å²) in [4.78, 5) is 24.7. The van der Waals surface area contributed by atoms with Crippen molar-refractivity contribution >= 4 is 11.8 Å². The highest BCUT2D eigenvalue weighted by Gasteiger charge is 2.23. The molecule has 21 heavy (non-hydrogen) atoms. The average Bonchev–Trinajstić information content (AvgIpc) is 2.95. The molecule has 0 spiro atoms. The molecule has 0 aromatic carbocycles. The van der Waals surface area contributed by atoms with E-state index in [9.17, 15) is 18.4 Å². The maximum atomic E-state index is 12.4. The zero-order valence-electron chi connectivity index (χ0n) is 11.5. The number of alkyl halides is 2. The van der Waals surface area contributed by atoms with Gasteiger partial charge in [-0.3, -0.25) is 9.59 Å². The minimum atomic E-state index is -2.78. The number of amides is 2. The van der Waals surface area contributed by atoms with E-state index in [0.717, 1.165) is 6.20 Å². The molecular formula is C12H16F2N4O3. The molecular weight excluding hydrogens is 286 g/mol. The molecule has 1 saturated heterocycles. The second-order valence-corrected chi connectivity index (χ2v) is 4.63. The number of halogens is 2. The Labute approximate surface area is 119 Å². The van der Waals surface area contributed by atoms with Gasteiger partial charge in [-0.2, -0.15) is 13.9 Å². The van der Waals surface area contributed by atoms with Gasteiger partial charge in [-0.1, -0.05) is 0 Å². The SMILES string of the molecule is CC(=O)N1CCO[C@H](CNC(=O)c2ccn(C(F)F)n2)C1. The van der Waals surface area contributed by atoms with E-state index in [2.05, 4.69) is 10.4 Å². The van der Waals surface area contributed by atoms with Gasteiger partial charge in [0, 0.05) is 32.8 Å². The van der Waals surface area contributed by atoms with Crippen LogP contribution in [0.15, 0.2) is 12.3 Å². The lowest BCUT2D eigenvalue weighted by Crippen LogP contribution is -2.49. The van der Waals surface area contributed by atoms with Crippen molar-refractivity contribution in [1.82, 2.24) is 20.0 Å². The van der Waals surface area contributed by atoms with Crippen LogP contribution in [0.4, 0.5) is 8.78 Å². The van der Waals surface area contributed by atoms with Crippen molar-refractivity contribution in [3.05, 3.63) is 18.0 Å². The van der Waals surface area contributed by atoms with Crippen LogP contribution in [-0.2, 0) is 9.53 Å². The van der Waals surface area contributed by atoms with Crippen molar-refractivity contribution in [3.63, 3.8) is 0 Å². The van der Waals surface area contributed by atoms with Crippen molar-refractivity contribution in [3.8, 4) is 0 Å². The highest BCUT2D eigenvalue weighted by Crippen LogP contribution is 2.09. The van der Waals surface area contributed by atoms with Gasteiger partial charge < -0.3 is 15.0 Å². The number of ether oxygens (including phenoxy) is 1. The van der Waals surface area contributed by atoms with E-state index in [4.69, 9.17) is 4.74 Å². The van der Waals surface area contributed by atoms with Gasteiger partial charge >= 0.3 is 6.55 Å². The van der Waals surface area contributed by atoms with E-state index < -0.39 is 12.5 Å². The fourth-order valence-corrected chi connectivity index (χ4v) is 1.99. The lowest BCUT2D eigenvalue weighted by molar-refractivity contribution is -0.136. The van der Waals surface area contributed by atoms with Crippen LogP contribution in [0.5, 0.6) is 0 Å². The number of carbonyl (C=O) groups excluding carboxylic acids is 2. The largest absolute Gasteiger partial charge is 0.373 e. The van der Waals surface area contributed by atoms with E-state index in [1.807, 2.05) is 0 Å². The molecule has 1 aromatic heterocycles. The summed E-state index contributed by atoms with van der Waals surface area (Å²) in [5.41, 5.74) is -0.0884. The second kappa shape index (κ2) is 6.61. The molecule has 7 nitrogen and oxygen atoms in total. The molecule has 0 saturated carbocycles. The van der Waals surface area contributed by atoms with Crippen molar-refractivity contribution in [1.29, 1.82) is 0 Å². The van der Waals surface area contributed by atoms with Crippen molar-refractivity contribution in [2.45, 2.75) is 19.6 Å². The summed E-state index contributed by atoms with van der Waals surface area (Å²) in [7, 11) is 0. The van der Waals surface area contributed by atoms with Gasteiger partial charge in [0.2, 0.25) is 5.91 Å². The predicted octanol–water partition coefficient (Wildman–Crippen LogP) is 0.255. The first kappa shape index (κ1) is 15.4. The molecule has 2 amide bonds. The summed E-state index contributed by atoms with van der Waals surface area (Å²) in [6, 6.07) is 1.21. The van der Waals surface area contributed by atoms with Crippen molar-refractivity contribution < 1.29 is 23.1 Å². The normalized spacial score (nSPS) is 18.9. The molecule has 2 heterocycles. The second-order valence-electron chi connectivity index (χ2n) is 4.63. The number of hydrogen-bond donors (Lipinski definition) is 1. The minimum absolute atomic E-state index is 0.0506. The lowest BCUT2D eigenvalue weighted by atomic mass is 10.2. The fraction of sp³-hybridized carbons (Fsp3) is 0.583. The van der Waals surface area contributed by atoms with Crippen LogP contribution in [0, 0.1) is 0 Å². The van der Waals surface area contributed by atoms with Gasteiger partial charge in [0.05, 0.1) is 12.7 Å². The third kappa shape index (κ3) is 3.97. The molecule has 9 heteroatoms.